The zero-order valence-corrected chi connectivity index (χ0v) is 11.9. The lowest BCUT2D eigenvalue weighted by Crippen LogP contribution is -2.49. The molecule has 1 unspecified atom stereocenters. The molecule has 0 aromatic carbocycles. The third-order valence-corrected chi connectivity index (χ3v) is 3.48. The molecule has 102 valence electrons. The average molecular weight is 242 g/mol. The molecule has 0 aliphatic carbocycles. The van der Waals surface area contributed by atoms with Gasteiger partial charge < -0.3 is 10.1 Å². The second kappa shape index (κ2) is 8.90. The van der Waals surface area contributed by atoms with Crippen molar-refractivity contribution in [2.24, 2.45) is 0 Å². The number of unbranched alkanes of at least 4 members (excludes halogenated alkanes) is 3. The van der Waals surface area contributed by atoms with Gasteiger partial charge in [0.2, 0.25) is 0 Å². The van der Waals surface area contributed by atoms with Crippen LogP contribution in [0.2, 0.25) is 0 Å². The highest BCUT2D eigenvalue weighted by Crippen LogP contribution is 2.08. The Morgan fingerprint density at radius 2 is 2.12 bits per heavy atom. The second-order valence-corrected chi connectivity index (χ2v) is 5.35. The summed E-state index contributed by atoms with van der Waals surface area (Å²) in [6, 6.07) is 0.644. The third kappa shape index (κ3) is 6.39. The van der Waals surface area contributed by atoms with Crippen LogP contribution in [0.15, 0.2) is 0 Å². The first kappa shape index (κ1) is 14.9. The molecule has 17 heavy (non-hydrogen) atoms. The van der Waals surface area contributed by atoms with Crippen LogP contribution in [-0.4, -0.2) is 49.8 Å². The topological polar surface area (TPSA) is 24.5 Å². The number of hydrogen-bond acceptors (Lipinski definition) is 3. The van der Waals surface area contributed by atoms with Gasteiger partial charge in [-0.3, -0.25) is 4.90 Å². The van der Waals surface area contributed by atoms with Crippen LogP contribution in [0.1, 0.15) is 46.5 Å². The minimum Gasteiger partial charge on any atom is -0.374 e. The number of ether oxygens (including phenoxy) is 1. The van der Waals surface area contributed by atoms with Crippen LogP contribution < -0.4 is 5.32 Å². The van der Waals surface area contributed by atoms with Crippen molar-refractivity contribution < 1.29 is 4.74 Å². The standard InChI is InChI=1S/C14H30N2O/c1-4-5-6-7-8-15-11-14-12-16(13(2)3)9-10-17-14/h13-15H,4-12H2,1-3H3. The van der Waals surface area contributed by atoms with Crippen molar-refractivity contribution in [3.8, 4) is 0 Å². The smallest absolute Gasteiger partial charge is 0.0826 e. The monoisotopic (exact) mass is 242 g/mol. The molecule has 1 fully saturated rings. The zero-order chi connectivity index (χ0) is 12.5. The molecule has 1 rings (SSSR count). The first-order valence-electron chi connectivity index (χ1n) is 7.30. The Balaban J connectivity index is 2.02. The summed E-state index contributed by atoms with van der Waals surface area (Å²) in [7, 11) is 0. The molecule has 0 spiro atoms. The predicted molar refractivity (Wildman–Crippen MR) is 73.5 cm³/mol. The zero-order valence-electron chi connectivity index (χ0n) is 11.9. The molecule has 0 aromatic heterocycles. The molecule has 3 heteroatoms. The summed E-state index contributed by atoms with van der Waals surface area (Å²) in [6.07, 6.45) is 5.72. The van der Waals surface area contributed by atoms with Crippen LogP contribution in [0.25, 0.3) is 0 Å². The van der Waals surface area contributed by atoms with Gasteiger partial charge in [0.25, 0.3) is 0 Å². The summed E-state index contributed by atoms with van der Waals surface area (Å²) in [4.78, 5) is 2.51. The maximum absolute atomic E-state index is 5.78. The van der Waals surface area contributed by atoms with Gasteiger partial charge in [0.1, 0.15) is 0 Å². The number of nitrogens with zero attached hydrogens (tertiary/aromatic N) is 1. The maximum atomic E-state index is 5.78. The minimum absolute atomic E-state index is 0.386. The van der Waals surface area contributed by atoms with Crippen molar-refractivity contribution in [3.05, 3.63) is 0 Å². The van der Waals surface area contributed by atoms with Gasteiger partial charge in [0.05, 0.1) is 12.7 Å². The molecular weight excluding hydrogens is 212 g/mol. The Hall–Kier alpha value is -0.120. The van der Waals surface area contributed by atoms with Crippen molar-refractivity contribution in [2.75, 3.05) is 32.8 Å². The lowest BCUT2D eigenvalue weighted by atomic mass is 10.2. The summed E-state index contributed by atoms with van der Waals surface area (Å²) in [5.74, 6) is 0. The summed E-state index contributed by atoms with van der Waals surface area (Å²) >= 11 is 0. The Kier molecular flexibility index (Phi) is 7.82. The number of nitrogens with one attached hydrogen (secondary N) is 1. The molecular formula is C14H30N2O. The van der Waals surface area contributed by atoms with Gasteiger partial charge in [-0.05, 0) is 26.8 Å². The molecule has 1 aliphatic rings. The fourth-order valence-electron chi connectivity index (χ4n) is 2.27. The van der Waals surface area contributed by atoms with E-state index in [9.17, 15) is 0 Å². The van der Waals surface area contributed by atoms with E-state index in [-0.39, 0.29) is 0 Å². The second-order valence-electron chi connectivity index (χ2n) is 5.35. The summed E-state index contributed by atoms with van der Waals surface area (Å²) in [5.41, 5.74) is 0. The highest BCUT2D eigenvalue weighted by Gasteiger charge is 2.21. The van der Waals surface area contributed by atoms with E-state index >= 15 is 0 Å². The van der Waals surface area contributed by atoms with E-state index in [1.54, 1.807) is 0 Å². The SMILES string of the molecule is CCCCCCNCC1CN(C(C)C)CCO1. The molecule has 1 atom stereocenters. The fraction of sp³-hybridized carbons (Fsp3) is 1.00. The van der Waals surface area contributed by atoms with Gasteiger partial charge in [0, 0.05) is 25.7 Å². The quantitative estimate of drug-likeness (QED) is 0.661. The van der Waals surface area contributed by atoms with Crippen molar-refractivity contribution in [1.82, 2.24) is 10.2 Å². The Bertz CT molecular complexity index is 185. The summed E-state index contributed by atoms with van der Waals surface area (Å²) in [5, 5.41) is 3.52. The highest BCUT2D eigenvalue weighted by molar-refractivity contribution is 4.75. The van der Waals surface area contributed by atoms with E-state index in [0.717, 1.165) is 32.8 Å². The van der Waals surface area contributed by atoms with Crippen LogP contribution >= 0.6 is 0 Å². The Morgan fingerprint density at radius 1 is 1.29 bits per heavy atom. The van der Waals surface area contributed by atoms with Gasteiger partial charge in [-0.2, -0.15) is 0 Å². The minimum atomic E-state index is 0.386. The van der Waals surface area contributed by atoms with E-state index in [4.69, 9.17) is 4.74 Å². The van der Waals surface area contributed by atoms with Crippen LogP contribution in [-0.2, 0) is 4.74 Å². The molecule has 1 saturated heterocycles. The predicted octanol–water partition coefficient (Wildman–Crippen LogP) is 2.27. The molecule has 0 bridgehead atoms. The first-order chi connectivity index (χ1) is 8.24. The molecule has 1 heterocycles. The van der Waals surface area contributed by atoms with E-state index in [0.29, 0.717) is 12.1 Å². The fourth-order valence-corrected chi connectivity index (χ4v) is 2.27. The van der Waals surface area contributed by atoms with Crippen LogP contribution in [0, 0.1) is 0 Å². The Morgan fingerprint density at radius 3 is 2.82 bits per heavy atom. The summed E-state index contributed by atoms with van der Waals surface area (Å²) < 4.78 is 5.78. The van der Waals surface area contributed by atoms with Gasteiger partial charge in [-0.1, -0.05) is 26.2 Å². The maximum Gasteiger partial charge on any atom is 0.0826 e. The van der Waals surface area contributed by atoms with E-state index < -0.39 is 0 Å². The van der Waals surface area contributed by atoms with Crippen LogP contribution in [0.3, 0.4) is 0 Å². The molecule has 3 nitrogen and oxygen atoms in total. The molecule has 0 aromatic rings. The van der Waals surface area contributed by atoms with Crippen molar-refractivity contribution in [3.63, 3.8) is 0 Å². The number of rotatable bonds is 8. The largest absolute Gasteiger partial charge is 0.374 e. The number of hydrogen-bond donors (Lipinski definition) is 1. The van der Waals surface area contributed by atoms with Crippen molar-refractivity contribution in [1.29, 1.82) is 0 Å². The molecule has 0 saturated carbocycles. The van der Waals surface area contributed by atoms with Crippen LogP contribution in [0.5, 0.6) is 0 Å². The first-order valence-corrected chi connectivity index (χ1v) is 7.30. The lowest BCUT2D eigenvalue weighted by Gasteiger charge is -2.35. The van der Waals surface area contributed by atoms with E-state index in [2.05, 4.69) is 31.0 Å². The van der Waals surface area contributed by atoms with Gasteiger partial charge >= 0.3 is 0 Å². The molecule has 0 radical (unpaired) electrons. The van der Waals surface area contributed by atoms with Gasteiger partial charge in [0.15, 0.2) is 0 Å². The van der Waals surface area contributed by atoms with Crippen LogP contribution in [0.4, 0.5) is 0 Å². The third-order valence-electron chi connectivity index (χ3n) is 3.48. The number of morpholine rings is 1. The van der Waals surface area contributed by atoms with E-state index in [1.807, 2.05) is 0 Å². The normalized spacial score (nSPS) is 22.2. The van der Waals surface area contributed by atoms with Crippen molar-refractivity contribution >= 4 is 0 Å². The average Bonchev–Trinajstić information content (AvgIpc) is 2.34. The highest BCUT2D eigenvalue weighted by atomic mass is 16.5. The van der Waals surface area contributed by atoms with Gasteiger partial charge in [-0.25, -0.2) is 0 Å². The van der Waals surface area contributed by atoms with E-state index in [1.165, 1.54) is 25.7 Å². The molecule has 1 N–H and O–H groups in total. The molecule has 0 amide bonds. The Labute approximate surface area is 107 Å². The molecule has 1 aliphatic heterocycles. The summed E-state index contributed by atoms with van der Waals surface area (Å²) in [6.45, 7) is 12.0. The van der Waals surface area contributed by atoms with Gasteiger partial charge in [-0.15, -0.1) is 0 Å². The van der Waals surface area contributed by atoms with Crippen molar-refractivity contribution in [2.45, 2.75) is 58.6 Å². The lowest BCUT2D eigenvalue weighted by molar-refractivity contribution is -0.0370.